The number of carbonyl (C=O) groups is 2. The Hall–Kier alpha value is -1.85. The molecule has 1 amide bonds. The van der Waals surface area contributed by atoms with Crippen LogP contribution in [0.1, 0.15) is 17.7 Å². The molecule has 1 aromatic rings. The summed E-state index contributed by atoms with van der Waals surface area (Å²) in [7, 11) is 0. The number of carboxylic acids is 1. The Bertz CT molecular complexity index is 345. The topological polar surface area (TPSA) is 95.1 Å². The Morgan fingerprint density at radius 2 is 2.36 bits per heavy atom. The zero-order valence-corrected chi connectivity index (χ0v) is 7.70. The molecule has 0 bridgehead atoms. The van der Waals surface area contributed by atoms with E-state index in [-0.39, 0.29) is 0 Å². The first-order valence-electron chi connectivity index (χ1n) is 4.07. The molecule has 14 heavy (non-hydrogen) atoms. The molecule has 0 radical (unpaired) electrons. The molecule has 0 atom stereocenters. The normalized spacial score (nSPS) is 9.79. The lowest BCUT2D eigenvalue weighted by atomic mass is 10.2. The highest BCUT2D eigenvalue weighted by atomic mass is 16.4. The molecule has 1 heterocycles. The van der Waals surface area contributed by atoms with Gasteiger partial charge in [0.25, 0.3) is 0 Å². The van der Waals surface area contributed by atoms with E-state index in [9.17, 15) is 9.59 Å². The SMILES string of the molecule is Cc1[nH]ncc1CNC(=O)CC(=O)O. The van der Waals surface area contributed by atoms with Gasteiger partial charge in [0.2, 0.25) is 5.91 Å². The number of rotatable bonds is 4. The van der Waals surface area contributed by atoms with E-state index in [0.29, 0.717) is 6.54 Å². The number of amides is 1. The largest absolute Gasteiger partial charge is 0.481 e. The standard InChI is InChI=1S/C8H11N3O3/c1-5-6(4-10-11-5)3-9-7(12)2-8(13)14/h4H,2-3H2,1H3,(H,9,12)(H,10,11)(H,13,14). The van der Waals surface area contributed by atoms with Gasteiger partial charge in [-0.15, -0.1) is 0 Å². The van der Waals surface area contributed by atoms with Crippen molar-refractivity contribution >= 4 is 11.9 Å². The maximum absolute atomic E-state index is 10.9. The molecule has 0 spiro atoms. The molecule has 6 heteroatoms. The summed E-state index contributed by atoms with van der Waals surface area (Å²) >= 11 is 0. The van der Waals surface area contributed by atoms with Crippen LogP contribution < -0.4 is 5.32 Å². The van der Waals surface area contributed by atoms with Gasteiger partial charge in [-0.1, -0.05) is 0 Å². The molecule has 0 aliphatic carbocycles. The summed E-state index contributed by atoms with van der Waals surface area (Å²) in [6.07, 6.45) is 1.09. The third-order valence-corrected chi connectivity index (χ3v) is 1.72. The number of aromatic nitrogens is 2. The van der Waals surface area contributed by atoms with Crippen molar-refractivity contribution in [3.8, 4) is 0 Å². The molecule has 1 rings (SSSR count). The third kappa shape index (κ3) is 2.89. The van der Waals surface area contributed by atoms with Crippen molar-refractivity contribution in [2.24, 2.45) is 0 Å². The van der Waals surface area contributed by atoms with Gasteiger partial charge in [-0.05, 0) is 6.92 Å². The van der Waals surface area contributed by atoms with Gasteiger partial charge < -0.3 is 10.4 Å². The number of aryl methyl sites for hydroxylation is 1. The zero-order chi connectivity index (χ0) is 10.6. The quantitative estimate of drug-likeness (QED) is 0.583. The van der Waals surface area contributed by atoms with Gasteiger partial charge >= 0.3 is 5.97 Å². The van der Waals surface area contributed by atoms with E-state index < -0.39 is 18.3 Å². The molecule has 0 aliphatic heterocycles. The van der Waals surface area contributed by atoms with Gasteiger partial charge in [0.1, 0.15) is 6.42 Å². The van der Waals surface area contributed by atoms with Crippen LogP contribution in [0.25, 0.3) is 0 Å². The van der Waals surface area contributed by atoms with E-state index in [2.05, 4.69) is 15.5 Å². The minimum Gasteiger partial charge on any atom is -0.481 e. The highest BCUT2D eigenvalue weighted by molar-refractivity contribution is 5.93. The number of aliphatic carboxylic acids is 1. The third-order valence-electron chi connectivity index (χ3n) is 1.72. The number of H-pyrrole nitrogens is 1. The van der Waals surface area contributed by atoms with Crippen LogP contribution in [0.4, 0.5) is 0 Å². The second-order valence-corrected chi connectivity index (χ2v) is 2.87. The smallest absolute Gasteiger partial charge is 0.312 e. The molecule has 0 aliphatic rings. The monoisotopic (exact) mass is 197 g/mol. The molecule has 6 nitrogen and oxygen atoms in total. The molecule has 0 unspecified atom stereocenters. The van der Waals surface area contributed by atoms with Gasteiger partial charge in [0, 0.05) is 17.8 Å². The fourth-order valence-corrected chi connectivity index (χ4v) is 0.948. The summed E-state index contributed by atoms with van der Waals surface area (Å²) in [5, 5.41) is 17.3. The lowest BCUT2D eigenvalue weighted by Crippen LogP contribution is -2.25. The molecule has 0 saturated carbocycles. The Labute approximate surface area is 80.3 Å². The van der Waals surface area contributed by atoms with Crippen molar-refractivity contribution < 1.29 is 14.7 Å². The minimum atomic E-state index is -1.13. The van der Waals surface area contributed by atoms with E-state index in [0.717, 1.165) is 11.3 Å². The Morgan fingerprint density at radius 3 is 2.86 bits per heavy atom. The maximum atomic E-state index is 10.9. The summed E-state index contributed by atoms with van der Waals surface area (Å²) in [5.74, 6) is -1.63. The highest BCUT2D eigenvalue weighted by Crippen LogP contribution is 2.01. The van der Waals surface area contributed by atoms with Crippen molar-refractivity contribution in [1.82, 2.24) is 15.5 Å². The van der Waals surface area contributed by atoms with Crippen LogP contribution in [0, 0.1) is 6.92 Å². The van der Waals surface area contributed by atoms with Gasteiger partial charge in [-0.3, -0.25) is 14.7 Å². The number of aromatic amines is 1. The van der Waals surface area contributed by atoms with Crippen LogP contribution in [0.5, 0.6) is 0 Å². The summed E-state index contributed by atoms with van der Waals surface area (Å²) in [5.41, 5.74) is 1.71. The van der Waals surface area contributed by atoms with Gasteiger partial charge in [-0.2, -0.15) is 5.10 Å². The molecule has 0 saturated heterocycles. The lowest BCUT2D eigenvalue weighted by Gasteiger charge is -2.01. The van der Waals surface area contributed by atoms with E-state index >= 15 is 0 Å². The van der Waals surface area contributed by atoms with Crippen molar-refractivity contribution in [3.63, 3.8) is 0 Å². The predicted molar refractivity (Wildman–Crippen MR) is 47.4 cm³/mol. The minimum absolute atomic E-state index is 0.300. The second-order valence-electron chi connectivity index (χ2n) is 2.87. The van der Waals surface area contributed by atoms with Crippen LogP contribution in [0.2, 0.25) is 0 Å². The van der Waals surface area contributed by atoms with Crippen molar-refractivity contribution in [3.05, 3.63) is 17.5 Å². The lowest BCUT2D eigenvalue weighted by molar-refractivity contribution is -0.140. The Balaban J connectivity index is 2.38. The Morgan fingerprint density at radius 1 is 1.64 bits per heavy atom. The molecular weight excluding hydrogens is 186 g/mol. The first kappa shape index (κ1) is 10.2. The van der Waals surface area contributed by atoms with E-state index in [1.54, 1.807) is 6.20 Å². The van der Waals surface area contributed by atoms with Crippen LogP contribution in [-0.2, 0) is 16.1 Å². The first-order chi connectivity index (χ1) is 6.59. The number of nitrogens with zero attached hydrogens (tertiary/aromatic N) is 1. The molecule has 76 valence electrons. The van der Waals surface area contributed by atoms with E-state index in [1.807, 2.05) is 6.92 Å². The average molecular weight is 197 g/mol. The maximum Gasteiger partial charge on any atom is 0.312 e. The van der Waals surface area contributed by atoms with Crippen molar-refractivity contribution in [1.29, 1.82) is 0 Å². The summed E-state index contributed by atoms with van der Waals surface area (Å²) in [6, 6.07) is 0. The van der Waals surface area contributed by atoms with Gasteiger partial charge in [-0.25, -0.2) is 0 Å². The number of hydrogen-bond acceptors (Lipinski definition) is 3. The van der Waals surface area contributed by atoms with Crippen LogP contribution in [0.15, 0.2) is 6.20 Å². The molecule has 1 aromatic heterocycles. The van der Waals surface area contributed by atoms with Gasteiger partial charge in [0.15, 0.2) is 0 Å². The van der Waals surface area contributed by atoms with Crippen molar-refractivity contribution in [2.75, 3.05) is 0 Å². The summed E-state index contributed by atoms with van der Waals surface area (Å²) < 4.78 is 0. The molecule has 0 fully saturated rings. The number of carbonyl (C=O) groups excluding carboxylic acids is 1. The fraction of sp³-hybridized carbons (Fsp3) is 0.375. The number of hydrogen-bond donors (Lipinski definition) is 3. The number of nitrogens with one attached hydrogen (secondary N) is 2. The van der Waals surface area contributed by atoms with Gasteiger partial charge in [0.05, 0.1) is 6.20 Å². The molecule has 0 aromatic carbocycles. The number of carboxylic acid groups (broad SMARTS) is 1. The van der Waals surface area contributed by atoms with Crippen LogP contribution in [0.3, 0.4) is 0 Å². The fourth-order valence-electron chi connectivity index (χ4n) is 0.948. The first-order valence-corrected chi connectivity index (χ1v) is 4.07. The zero-order valence-electron chi connectivity index (χ0n) is 7.70. The summed E-state index contributed by atoms with van der Waals surface area (Å²) in [4.78, 5) is 21.1. The van der Waals surface area contributed by atoms with Crippen molar-refractivity contribution in [2.45, 2.75) is 19.9 Å². The predicted octanol–water partition coefficient (Wildman–Crippen LogP) is -0.191. The molecular formula is C8H11N3O3. The second kappa shape index (κ2) is 4.40. The summed E-state index contributed by atoms with van der Waals surface area (Å²) in [6.45, 7) is 2.13. The Kier molecular flexibility index (Phi) is 3.22. The average Bonchev–Trinajstić information content (AvgIpc) is 2.46. The van der Waals surface area contributed by atoms with Crippen LogP contribution in [-0.4, -0.2) is 27.2 Å². The molecule has 3 N–H and O–H groups in total. The van der Waals surface area contributed by atoms with Crippen LogP contribution >= 0.6 is 0 Å². The van der Waals surface area contributed by atoms with E-state index in [1.165, 1.54) is 0 Å². The van der Waals surface area contributed by atoms with E-state index in [4.69, 9.17) is 5.11 Å². The highest BCUT2D eigenvalue weighted by Gasteiger charge is 2.07.